The van der Waals surface area contributed by atoms with Crippen LogP contribution in [0.2, 0.25) is 0 Å². The highest BCUT2D eigenvalue weighted by Gasteiger charge is 1.99. The Labute approximate surface area is 142 Å². The molecule has 0 fully saturated rings. The van der Waals surface area contributed by atoms with Crippen LogP contribution >= 0.6 is 0 Å². The molecule has 3 rings (SSSR count). The molecule has 3 aromatic carbocycles. The summed E-state index contributed by atoms with van der Waals surface area (Å²) in [6.45, 7) is 1.25. The van der Waals surface area contributed by atoms with Crippen LogP contribution in [0.25, 0.3) is 16.8 Å². The number of hydrogen-bond donors (Lipinski definition) is 2. The predicted octanol–water partition coefficient (Wildman–Crippen LogP) is 4.08. The average Bonchev–Trinajstić information content (AvgIpc) is 2.64. The van der Waals surface area contributed by atoms with Crippen LogP contribution in [0.3, 0.4) is 0 Å². The van der Waals surface area contributed by atoms with Crippen LogP contribution in [0.4, 0.5) is 5.69 Å². The van der Waals surface area contributed by atoms with Crippen LogP contribution in [0, 0.1) is 0 Å². The summed E-state index contributed by atoms with van der Waals surface area (Å²) in [5.74, 6) is -0.0847. The first-order valence-electron chi connectivity index (χ1n) is 8.05. The zero-order valence-corrected chi connectivity index (χ0v) is 13.4. The molecule has 0 aliphatic carbocycles. The van der Waals surface area contributed by atoms with Crippen molar-refractivity contribution in [2.75, 3.05) is 18.4 Å². The van der Waals surface area contributed by atoms with E-state index >= 15 is 0 Å². The molecule has 0 unspecified atom stereocenters. The molecule has 0 atom stereocenters. The van der Waals surface area contributed by atoms with Crippen molar-refractivity contribution >= 4 is 28.4 Å². The summed E-state index contributed by atoms with van der Waals surface area (Å²) in [5, 5.41) is 8.66. The molecule has 24 heavy (non-hydrogen) atoms. The van der Waals surface area contributed by atoms with E-state index in [9.17, 15) is 4.79 Å². The van der Waals surface area contributed by atoms with Crippen LogP contribution in [0.1, 0.15) is 5.56 Å². The largest absolute Gasteiger partial charge is 0.383 e. The monoisotopic (exact) mass is 316 g/mol. The van der Waals surface area contributed by atoms with Crippen LogP contribution < -0.4 is 10.6 Å². The molecule has 0 heterocycles. The molecule has 0 aliphatic rings. The summed E-state index contributed by atoms with van der Waals surface area (Å²) in [5.41, 5.74) is 2.10. The fourth-order valence-electron chi connectivity index (χ4n) is 2.56. The van der Waals surface area contributed by atoms with E-state index in [0.717, 1.165) is 11.3 Å². The molecule has 0 bridgehead atoms. The maximum absolute atomic E-state index is 11.8. The Balaban J connectivity index is 1.48. The Hall–Kier alpha value is -3.07. The Morgan fingerprint density at radius 3 is 2.46 bits per heavy atom. The minimum Gasteiger partial charge on any atom is -0.383 e. The number of anilines is 1. The molecule has 0 aromatic heterocycles. The van der Waals surface area contributed by atoms with Crippen LogP contribution in [-0.2, 0) is 4.79 Å². The van der Waals surface area contributed by atoms with Crippen molar-refractivity contribution in [3.8, 4) is 0 Å². The maximum atomic E-state index is 11.8. The van der Waals surface area contributed by atoms with Crippen LogP contribution in [0.15, 0.2) is 78.9 Å². The predicted molar refractivity (Wildman–Crippen MR) is 101 cm³/mol. The number of nitrogens with one attached hydrogen (secondary N) is 2. The summed E-state index contributed by atoms with van der Waals surface area (Å²) in [4.78, 5) is 11.8. The normalized spacial score (nSPS) is 10.8. The van der Waals surface area contributed by atoms with Gasteiger partial charge >= 0.3 is 0 Å². The third-order valence-electron chi connectivity index (χ3n) is 3.76. The van der Waals surface area contributed by atoms with Gasteiger partial charge in [-0.25, -0.2) is 0 Å². The molecular formula is C21H20N2O. The molecule has 120 valence electrons. The Morgan fingerprint density at radius 2 is 1.58 bits per heavy atom. The topological polar surface area (TPSA) is 41.1 Å². The quantitative estimate of drug-likeness (QED) is 0.531. The van der Waals surface area contributed by atoms with Crippen molar-refractivity contribution in [1.29, 1.82) is 0 Å². The number of benzene rings is 3. The molecule has 3 heteroatoms. The lowest BCUT2D eigenvalue weighted by Gasteiger charge is -2.10. The first kappa shape index (κ1) is 15.8. The number of hydrogen-bond acceptors (Lipinski definition) is 2. The number of amides is 1. The van der Waals surface area contributed by atoms with Gasteiger partial charge in [-0.3, -0.25) is 4.79 Å². The Kier molecular flexibility index (Phi) is 5.25. The lowest BCUT2D eigenvalue weighted by atomic mass is 10.1. The first-order chi connectivity index (χ1) is 11.8. The SMILES string of the molecule is O=C(/C=C/c1ccccc1)NCCNc1cccc2ccccc12. The highest BCUT2D eigenvalue weighted by Crippen LogP contribution is 2.22. The lowest BCUT2D eigenvalue weighted by Crippen LogP contribution is -2.27. The van der Waals surface area contributed by atoms with Gasteiger partial charge in [0.15, 0.2) is 0 Å². The van der Waals surface area contributed by atoms with Crippen LogP contribution in [0.5, 0.6) is 0 Å². The van der Waals surface area contributed by atoms with Crippen molar-refractivity contribution in [2.45, 2.75) is 0 Å². The van der Waals surface area contributed by atoms with Crippen LogP contribution in [-0.4, -0.2) is 19.0 Å². The van der Waals surface area contributed by atoms with Crippen molar-refractivity contribution in [3.63, 3.8) is 0 Å². The van der Waals surface area contributed by atoms with Gasteiger partial charge in [0.1, 0.15) is 0 Å². The van der Waals surface area contributed by atoms with Gasteiger partial charge in [-0.1, -0.05) is 66.7 Å². The zero-order chi connectivity index (χ0) is 16.6. The molecule has 3 aromatic rings. The fraction of sp³-hybridized carbons (Fsp3) is 0.0952. The minimum atomic E-state index is -0.0847. The minimum absolute atomic E-state index is 0.0847. The third-order valence-corrected chi connectivity index (χ3v) is 3.76. The van der Waals surface area contributed by atoms with E-state index < -0.39 is 0 Å². The second-order valence-electron chi connectivity index (χ2n) is 5.49. The summed E-state index contributed by atoms with van der Waals surface area (Å²) >= 11 is 0. The Morgan fingerprint density at radius 1 is 0.833 bits per heavy atom. The standard InChI is InChI=1S/C21H20N2O/c24-21(14-13-17-7-2-1-3-8-17)23-16-15-22-20-12-6-10-18-9-4-5-11-19(18)20/h1-14,22H,15-16H2,(H,23,24)/b14-13+. The van der Waals surface area contributed by atoms with E-state index in [0.29, 0.717) is 13.1 Å². The average molecular weight is 316 g/mol. The number of carbonyl (C=O) groups is 1. The van der Waals surface area contributed by atoms with Crippen molar-refractivity contribution in [2.24, 2.45) is 0 Å². The van der Waals surface area contributed by atoms with Gasteiger partial charge in [0, 0.05) is 30.2 Å². The lowest BCUT2D eigenvalue weighted by molar-refractivity contribution is -0.116. The van der Waals surface area contributed by atoms with Gasteiger partial charge in [-0.15, -0.1) is 0 Å². The van der Waals surface area contributed by atoms with E-state index in [1.165, 1.54) is 10.8 Å². The van der Waals surface area contributed by atoms with Gasteiger partial charge in [-0.2, -0.15) is 0 Å². The molecule has 0 saturated carbocycles. The van der Waals surface area contributed by atoms with Gasteiger partial charge in [-0.05, 0) is 23.1 Å². The molecule has 0 aliphatic heterocycles. The number of fused-ring (bicyclic) bond motifs is 1. The van der Waals surface area contributed by atoms with E-state index in [-0.39, 0.29) is 5.91 Å². The van der Waals surface area contributed by atoms with E-state index in [2.05, 4.69) is 34.9 Å². The molecule has 0 radical (unpaired) electrons. The van der Waals surface area contributed by atoms with Gasteiger partial charge in [0.25, 0.3) is 0 Å². The van der Waals surface area contributed by atoms with Gasteiger partial charge in [0.2, 0.25) is 5.91 Å². The van der Waals surface area contributed by atoms with Crippen molar-refractivity contribution in [3.05, 3.63) is 84.4 Å². The van der Waals surface area contributed by atoms with E-state index in [1.807, 2.05) is 54.6 Å². The summed E-state index contributed by atoms with van der Waals surface area (Å²) < 4.78 is 0. The van der Waals surface area contributed by atoms with E-state index in [4.69, 9.17) is 0 Å². The fourth-order valence-corrected chi connectivity index (χ4v) is 2.56. The number of rotatable bonds is 6. The van der Waals surface area contributed by atoms with Crippen molar-refractivity contribution in [1.82, 2.24) is 5.32 Å². The van der Waals surface area contributed by atoms with Gasteiger partial charge in [0.05, 0.1) is 0 Å². The first-order valence-corrected chi connectivity index (χ1v) is 8.05. The molecule has 2 N–H and O–H groups in total. The number of carbonyl (C=O) groups excluding carboxylic acids is 1. The highest BCUT2D eigenvalue weighted by molar-refractivity contribution is 5.94. The molecule has 0 spiro atoms. The third kappa shape index (κ3) is 4.23. The molecule has 3 nitrogen and oxygen atoms in total. The summed E-state index contributed by atoms with van der Waals surface area (Å²) in [6, 6.07) is 24.2. The van der Waals surface area contributed by atoms with Gasteiger partial charge < -0.3 is 10.6 Å². The zero-order valence-electron chi connectivity index (χ0n) is 13.4. The second kappa shape index (κ2) is 7.97. The Bertz CT molecular complexity index is 835. The summed E-state index contributed by atoms with van der Waals surface area (Å²) in [6.07, 6.45) is 3.38. The summed E-state index contributed by atoms with van der Waals surface area (Å²) in [7, 11) is 0. The maximum Gasteiger partial charge on any atom is 0.244 e. The second-order valence-corrected chi connectivity index (χ2v) is 5.49. The molecule has 1 amide bonds. The highest BCUT2D eigenvalue weighted by atomic mass is 16.1. The molecular weight excluding hydrogens is 296 g/mol. The molecule has 0 saturated heterocycles. The smallest absolute Gasteiger partial charge is 0.244 e. The van der Waals surface area contributed by atoms with E-state index in [1.54, 1.807) is 6.08 Å². The van der Waals surface area contributed by atoms with Crippen molar-refractivity contribution < 1.29 is 4.79 Å².